The molecule has 2 rings (SSSR count). The van der Waals surface area contributed by atoms with Crippen LogP contribution in [0.2, 0.25) is 0 Å². The molecule has 0 aromatic heterocycles. The van der Waals surface area contributed by atoms with Crippen molar-refractivity contribution >= 4 is 0 Å². The van der Waals surface area contributed by atoms with Crippen LogP contribution in [0, 0.1) is 35.5 Å². The third-order valence-electron chi connectivity index (χ3n) is 6.39. The van der Waals surface area contributed by atoms with Crippen LogP contribution >= 0.6 is 0 Å². The zero-order valence-electron chi connectivity index (χ0n) is 18.4. The zero-order chi connectivity index (χ0) is 20.5. The van der Waals surface area contributed by atoms with Crippen molar-refractivity contribution in [2.24, 2.45) is 23.7 Å². The second-order valence-corrected chi connectivity index (χ2v) is 9.12. The molecule has 0 aromatic carbocycles. The Morgan fingerprint density at radius 3 is 2.75 bits per heavy atom. The Bertz CT molecular complexity index is 583. The van der Waals surface area contributed by atoms with Gasteiger partial charge in [-0.15, -0.1) is 11.8 Å². The highest BCUT2D eigenvalue weighted by Gasteiger charge is 2.43. The van der Waals surface area contributed by atoms with Crippen LogP contribution in [0.15, 0.2) is 23.8 Å². The van der Waals surface area contributed by atoms with Crippen molar-refractivity contribution in [3.8, 4) is 11.8 Å². The molecule has 0 aromatic rings. The summed E-state index contributed by atoms with van der Waals surface area (Å²) in [6.45, 7) is 5.26. The van der Waals surface area contributed by atoms with Crippen molar-refractivity contribution in [1.82, 2.24) is 4.90 Å². The number of hydrogen-bond acceptors (Lipinski definition) is 3. The standard InChI is InChI=1S/C25H41NO2/c1-5-6-8-11-19(2)24(27)14-13-22-23-17-20(16-21(23)18-25(22)28)12-9-7-10-15-26(3)4/h13-14,16,19,21-25,27-28H,5,7,9-12,15,17-18H2,1-4H3/b14-13+/t19-,21-,22+,23-,24-,25+/m0/s1. The third kappa shape index (κ3) is 7.07. The van der Waals surface area contributed by atoms with Crippen LogP contribution in [0.5, 0.6) is 0 Å². The van der Waals surface area contributed by atoms with Gasteiger partial charge in [-0.05, 0) is 70.5 Å². The lowest BCUT2D eigenvalue weighted by Gasteiger charge is -2.20. The monoisotopic (exact) mass is 387 g/mol. The van der Waals surface area contributed by atoms with Crippen molar-refractivity contribution in [2.75, 3.05) is 20.6 Å². The Morgan fingerprint density at radius 2 is 2.04 bits per heavy atom. The Morgan fingerprint density at radius 1 is 1.25 bits per heavy atom. The lowest BCUT2D eigenvalue weighted by molar-refractivity contribution is 0.137. The predicted molar refractivity (Wildman–Crippen MR) is 118 cm³/mol. The van der Waals surface area contributed by atoms with Crippen molar-refractivity contribution in [3.63, 3.8) is 0 Å². The normalized spacial score (nSPS) is 28.9. The van der Waals surface area contributed by atoms with Crippen molar-refractivity contribution in [2.45, 2.75) is 77.4 Å². The van der Waals surface area contributed by atoms with E-state index in [0.717, 1.165) is 25.7 Å². The van der Waals surface area contributed by atoms with E-state index in [1.54, 1.807) is 5.57 Å². The Kier molecular flexibility index (Phi) is 9.79. The number of hydrogen-bond donors (Lipinski definition) is 2. The van der Waals surface area contributed by atoms with E-state index >= 15 is 0 Å². The van der Waals surface area contributed by atoms with Crippen molar-refractivity contribution in [1.29, 1.82) is 0 Å². The highest BCUT2D eigenvalue weighted by atomic mass is 16.3. The van der Waals surface area contributed by atoms with Gasteiger partial charge in [-0.1, -0.05) is 44.1 Å². The first-order chi connectivity index (χ1) is 13.4. The molecular weight excluding hydrogens is 346 g/mol. The first-order valence-electron chi connectivity index (χ1n) is 11.3. The molecule has 0 heterocycles. The first kappa shape index (κ1) is 23.2. The number of rotatable bonds is 10. The molecule has 0 spiro atoms. The van der Waals surface area contributed by atoms with E-state index < -0.39 is 6.10 Å². The maximum atomic E-state index is 10.5. The molecule has 0 bridgehead atoms. The lowest BCUT2D eigenvalue weighted by atomic mass is 9.88. The molecule has 1 fully saturated rings. The van der Waals surface area contributed by atoms with Gasteiger partial charge in [0.25, 0.3) is 0 Å². The van der Waals surface area contributed by atoms with Crippen LogP contribution in [0.4, 0.5) is 0 Å². The Hall–Kier alpha value is -1.08. The molecule has 0 radical (unpaired) electrons. The third-order valence-corrected chi connectivity index (χ3v) is 6.39. The summed E-state index contributed by atoms with van der Waals surface area (Å²) in [7, 11) is 4.27. The summed E-state index contributed by atoms with van der Waals surface area (Å²) in [5, 5.41) is 20.9. The maximum absolute atomic E-state index is 10.5. The fraction of sp³-hybridized carbons (Fsp3) is 0.760. The number of unbranched alkanes of at least 4 members (excludes halogenated alkanes) is 2. The maximum Gasteiger partial charge on any atom is 0.0755 e. The lowest BCUT2D eigenvalue weighted by Crippen LogP contribution is -2.19. The minimum atomic E-state index is -0.483. The molecule has 2 aliphatic rings. The first-order valence-corrected chi connectivity index (χ1v) is 11.3. The average Bonchev–Trinajstić information content (AvgIpc) is 3.15. The summed E-state index contributed by atoms with van der Waals surface area (Å²) in [5.74, 6) is 7.54. The molecule has 158 valence electrons. The fourth-order valence-electron chi connectivity index (χ4n) is 4.66. The summed E-state index contributed by atoms with van der Waals surface area (Å²) in [6, 6.07) is 0. The van der Waals surface area contributed by atoms with Crippen LogP contribution in [-0.4, -0.2) is 48.0 Å². The minimum absolute atomic E-state index is 0.129. The molecule has 3 heteroatoms. The molecule has 6 atom stereocenters. The van der Waals surface area contributed by atoms with E-state index in [-0.39, 0.29) is 17.9 Å². The summed E-state index contributed by atoms with van der Waals surface area (Å²) in [4.78, 5) is 2.25. The van der Waals surface area contributed by atoms with E-state index in [1.807, 2.05) is 19.9 Å². The van der Waals surface area contributed by atoms with Gasteiger partial charge in [0.1, 0.15) is 0 Å². The van der Waals surface area contributed by atoms with Gasteiger partial charge in [-0.2, -0.15) is 0 Å². The van der Waals surface area contributed by atoms with Gasteiger partial charge in [0.2, 0.25) is 0 Å². The second kappa shape index (κ2) is 11.8. The van der Waals surface area contributed by atoms with E-state index in [2.05, 4.69) is 43.0 Å². The van der Waals surface area contributed by atoms with Crippen LogP contribution in [0.1, 0.15) is 65.2 Å². The molecule has 2 N–H and O–H groups in total. The van der Waals surface area contributed by atoms with Gasteiger partial charge in [-0.3, -0.25) is 0 Å². The molecule has 0 amide bonds. The molecule has 1 saturated carbocycles. The molecule has 2 aliphatic carbocycles. The number of aliphatic hydroxyl groups is 2. The van der Waals surface area contributed by atoms with Gasteiger partial charge in [0.05, 0.1) is 12.2 Å². The smallest absolute Gasteiger partial charge is 0.0755 e. The molecular formula is C25H41NO2. The zero-order valence-corrected chi connectivity index (χ0v) is 18.4. The van der Waals surface area contributed by atoms with E-state index in [1.165, 1.54) is 32.2 Å². The minimum Gasteiger partial charge on any atom is -0.392 e. The average molecular weight is 388 g/mol. The number of fused-ring (bicyclic) bond motifs is 1. The summed E-state index contributed by atoms with van der Waals surface area (Å²) in [5.41, 5.74) is 1.59. The summed E-state index contributed by atoms with van der Waals surface area (Å²) in [6.07, 6.45) is 14.3. The number of nitrogens with zero attached hydrogens (tertiary/aromatic N) is 1. The van der Waals surface area contributed by atoms with Crippen LogP contribution in [-0.2, 0) is 0 Å². The van der Waals surface area contributed by atoms with Gasteiger partial charge in [0.15, 0.2) is 0 Å². The predicted octanol–water partition coefficient (Wildman–Crippen LogP) is 4.41. The van der Waals surface area contributed by atoms with Crippen molar-refractivity contribution in [3.05, 3.63) is 23.8 Å². The van der Waals surface area contributed by atoms with Crippen molar-refractivity contribution < 1.29 is 10.2 Å². The van der Waals surface area contributed by atoms with E-state index in [0.29, 0.717) is 11.8 Å². The van der Waals surface area contributed by atoms with Gasteiger partial charge < -0.3 is 15.1 Å². The molecule has 0 aliphatic heterocycles. The molecule has 0 saturated heterocycles. The summed E-state index contributed by atoms with van der Waals surface area (Å²) >= 11 is 0. The fourth-order valence-corrected chi connectivity index (χ4v) is 4.66. The SMILES string of the molecule is CCC#CC[C@H](C)[C@@H](O)/C=C/[C@@H]1[C@H]2CC(CCCCCN(C)C)=C[C@H]2C[C@H]1O. The highest BCUT2D eigenvalue weighted by molar-refractivity contribution is 5.21. The number of aliphatic hydroxyl groups excluding tert-OH is 2. The van der Waals surface area contributed by atoms with Gasteiger partial charge in [0, 0.05) is 18.8 Å². The Labute approximate surface area is 172 Å². The van der Waals surface area contributed by atoms with Crippen LogP contribution in [0.3, 0.4) is 0 Å². The van der Waals surface area contributed by atoms with Crippen LogP contribution in [0.25, 0.3) is 0 Å². The topological polar surface area (TPSA) is 43.7 Å². The molecule has 0 unspecified atom stereocenters. The number of allylic oxidation sites excluding steroid dienone is 2. The molecule has 3 nitrogen and oxygen atoms in total. The quantitative estimate of drug-likeness (QED) is 0.331. The highest BCUT2D eigenvalue weighted by Crippen LogP contribution is 2.48. The molecule has 28 heavy (non-hydrogen) atoms. The Balaban J connectivity index is 1.80. The van der Waals surface area contributed by atoms with Crippen LogP contribution < -0.4 is 0 Å². The van der Waals surface area contributed by atoms with E-state index in [4.69, 9.17) is 0 Å². The summed E-state index contributed by atoms with van der Waals surface area (Å²) < 4.78 is 0. The van der Waals surface area contributed by atoms with Gasteiger partial charge in [-0.25, -0.2) is 0 Å². The largest absolute Gasteiger partial charge is 0.392 e. The second-order valence-electron chi connectivity index (χ2n) is 9.12. The van der Waals surface area contributed by atoms with E-state index in [9.17, 15) is 10.2 Å². The van der Waals surface area contributed by atoms with Gasteiger partial charge >= 0.3 is 0 Å².